The number of carboxylic acids is 1. The van der Waals surface area contributed by atoms with Crippen LogP contribution in [0.4, 0.5) is 0 Å². The summed E-state index contributed by atoms with van der Waals surface area (Å²) in [6.07, 6.45) is 3.59. The molecule has 2 amide bonds. The minimum Gasteiger partial charge on any atom is -0.481 e. The number of nitrogens with zero attached hydrogens (tertiary/aromatic N) is 2. The van der Waals surface area contributed by atoms with Gasteiger partial charge in [0.25, 0.3) is 0 Å². The molecule has 0 aliphatic carbocycles. The molecule has 1 saturated heterocycles. The molecule has 0 atom stereocenters. The van der Waals surface area contributed by atoms with E-state index in [2.05, 4.69) is 0 Å². The fraction of sp³-hybridized carbons (Fsp3) is 0.516. The van der Waals surface area contributed by atoms with E-state index in [0.29, 0.717) is 32.6 Å². The highest BCUT2D eigenvalue weighted by atomic mass is 16.4. The van der Waals surface area contributed by atoms with Crippen LogP contribution < -0.4 is 0 Å². The van der Waals surface area contributed by atoms with Crippen molar-refractivity contribution in [2.45, 2.75) is 85.8 Å². The van der Waals surface area contributed by atoms with Crippen LogP contribution in [0.15, 0.2) is 24.3 Å². The molecule has 206 valence electrons. The van der Waals surface area contributed by atoms with E-state index >= 15 is 0 Å². The summed E-state index contributed by atoms with van der Waals surface area (Å²) >= 11 is 0. The molecule has 0 radical (unpaired) electrons. The Kier molecular flexibility index (Phi) is 9.36. The molecular weight excluding hydrogens is 480 g/mol. The zero-order valence-electron chi connectivity index (χ0n) is 23.7. The molecule has 2 aliphatic rings. The van der Waals surface area contributed by atoms with Gasteiger partial charge in [-0.25, -0.2) is 0 Å². The number of likely N-dealkylation sites (tertiary alicyclic amines) is 1. The molecule has 0 unspecified atom stereocenters. The van der Waals surface area contributed by atoms with Gasteiger partial charge in [0.15, 0.2) is 0 Å². The van der Waals surface area contributed by atoms with Gasteiger partial charge in [0.05, 0.1) is 12.0 Å². The maximum absolute atomic E-state index is 13.1. The maximum Gasteiger partial charge on any atom is 0.312 e. The summed E-state index contributed by atoms with van der Waals surface area (Å²) in [5, 5.41) is 18.1. The highest BCUT2D eigenvalue weighted by molar-refractivity contribution is 6.34. The number of hydrogen-bond acceptors (Lipinski definition) is 4. The van der Waals surface area contributed by atoms with Gasteiger partial charge in [-0.2, -0.15) is 0 Å². The second-order valence-electron chi connectivity index (χ2n) is 11.5. The fourth-order valence-electron chi connectivity index (χ4n) is 5.29. The Balaban J connectivity index is 0.000000732. The largest absolute Gasteiger partial charge is 0.481 e. The smallest absolute Gasteiger partial charge is 0.312 e. The molecule has 0 aromatic heterocycles. The molecule has 4 rings (SSSR count). The fourth-order valence-corrected chi connectivity index (χ4v) is 5.29. The molecule has 2 heterocycles. The lowest BCUT2D eigenvalue weighted by molar-refractivity contribution is -0.152. The summed E-state index contributed by atoms with van der Waals surface area (Å²) < 4.78 is 0. The van der Waals surface area contributed by atoms with Crippen molar-refractivity contribution < 1.29 is 24.6 Å². The Bertz CT molecular complexity index is 1180. The van der Waals surface area contributed by atoms with Crippen molar-refractivity contribution in [3.63, 3.8) is 0 Å². The zero-order chi connectivity index (χ0) is 28.2. The van der Waals surface area contributed by atoms with Crippen LogP contribution in [-0.2, 0) is 33.8 Å². The van der Waals surface area contributed by atoms with Crippen LogP contribution >= 0.6 is 0 Å². The number of carboxylic acid groups (broad SMARTS) is 1. The molecule has 0 spiro atoms. The minimum absolute atomic E-state index is 0.0424. The molecule has 2 aliphatic heterocycles. The SMILES string of the molecule is CC(C)(C)O.Cc1ccc(-c2c(C)c3c(c(C)c2CC(=O)O)CCN(C(=O)C(=O)N2CCCCC2)C3)cc1. The van der Waals surface area contributed by atoms with Crippen LogP contribution in [-0.4, -0.2) is 63.0 Å². The number of aliphatic carboxylic acids is 1. The summed E-state index contributed by atoms with van der Waals surface area (Å²) in [4.78, 5) is 41.0. The average Bonchev–Trinajstić information content (AvgIpc) is 2.86. The van der Waals surface area contributed by atoms with E-state index in [1.165, 1.54) is 0 Å². The third-order valence-electron chi connectivity index (χ3n) is 7.16. The summed E-state index contributed by atoms with van der Waals surface area (Å²) in [5.74, 6) is -1.68. The molecule has 7 heteroatoms. The third-order valence-corrected chi connectivity index (χ3v) is 7.16. The molecule has 1 fully saturated rings. The van der Waals surface area contributed by atoms with Crippen molar-refractivity contribution in [1.29, 1.82) is 0 Å². The van der Waals surface area contributed by atoms with Crippen molar-refractivity contribution in [3.8, 4) is 11.1 Å². The van der Waals surface area contributed by atoms with Crippen LogP contribution in [0.3, 0.4) is 0 Å². The first-order valence-electron chi connectivity index (χ1n) is 13.5. The number of piperidine rings is 1. The Morgan fingerprint density at radius 3 is 1.92 bits per heavy atom. The van der Waals surface area contributed by atoms with Crippen LogP contribution in [0, 0.1) is 20.8 Å². The lowest BCUT2D eigenvalue weighted by atomic mass is 9.81. The maximum atomic E-state index is 13.1. The summed E-state index contributed by atoms with van der Waals surface area (Å²) in [6, 6.07) is 8.11. The number of aryl methyl sites for hydroxylation is 1. The number of hydrogen-bond donors (Lipinski definition) is 2. The van der Waals surface area contributed by atoms with Crippen LogP contribution in [0.25, 0.3) is 11.1 Å². The Hall–Kier alpha value is -3.19. The molecule has 7 nitrogen and oxygen atoms in total. The Labute approximate surface area is 226 Å². The summed E-state index contributed by atoms with van der Waals surface area (Å²) in [5.41, 5.74) is 7.54. The molecule has 0 saturated carbocycles. The van der Waals surface area contributed by atoms with Crippen molar-refractivity contribution in [3.05, 3.63) is 57.6 Å². The van der Waals surface area contributed by atoms with E-state index in [-0.39, 0.29) is 6.42 Å². The summed E-state index contributed by atoms with van der Waals surface area (Å²) in [6.45, 7) is 13.4. The highest BCUT2D eigenvalue weighted by Crippen LogP contribution is 2.38. The van der Waals surface area contributed by atoms with Gasteiger partial charge in [-0.15, -0.1) is 0 Å². The van der Waals surface area contributed by atoms with E-state index in [4.69, 9.17) is 5.11 Å². The van der Waals surface area contributed by atoms with Crippen molar-refractivity contribution in [2.75, 3.05) is 19.6 Å². The Morgan fingerprint density at radius 1 is 0.816 bits per heavy atom. The van der Waals surface area contributed by atoms with Gasteiger partial charge in [-0.3, -0.25) is 14.4 Å². The lowest BCUT2D eigenvalue weighted by Crippen LogP contribution is -2.48. The molecule has 0 bridgehead atoms. The summed E-state index contributed by atoms with van der Waals surface area (Å²) in [7, 11) is 0. The van der Waals surface area contributed by atoms with E-state index in [1.807, 2.05) is 45.0 Å². The third kappa shape index (κ3) is 7.22. The zero-order valence-corrected chi connectivity index (χ0v) is 23.7. The topological polar surface area (TPSA) is 98.1 Å². The van der Waals surface area contributed by atoms with Gasteiger partial charge in [0.1, 0.15) is 0 Å². The molecule has 2 aromatic carbocycles. The number of carbonyl (C=O) groups excluding carboxylic acids is 2. The second kappa shape index (κ2) is 12.1. The van der Waals surface area contributed by atoms with Gasteiger partial charge in [-0.1, -0.05) is 29.8 Å². The van der Waals surface area contributed by atoms with Crippen LogP contribution in [0.5, 0.6) is 0 Å². The van der Waals surface area contributed by atoms with E-state index in [1.54, 1.807) is 30.6 Å². The molecule has 2 N–H and O–H groups in total. The standard InChI is InChI=1S/C27H32N2O4.C4H10O/c1-17-7-9-20(10-8-17)25-19(3)23-16-29(27(33)26(32)28-12-5-4-6-13-28)14-11-21(23)18(2)22(25)15-24(30)31;1-4(2,3)5/h7-10H,4-6,11-16H2,1-3H3,(H,30,31);5H,1-3H3. The van der Waals surface area contributed by atoms with E-state index in [9.17, 15) is 19.5 Å². The predicted octanol–water partition coefficient (Wildman–Crippen LogP) is 4.58. The van der Waals surface area contributed by atoms with Gasteiger partial charge >= 0.3 is 17.8 Å². The minimum atomic E-state index is -0.856. The number of fused-ring (bicyclic) bond motifs is 1. The van der Waals surface area contributed by atoms with Gasteiger partial charge in [-0.05, 0) is 106 Å². The van der Waals surface area contributed by atoms with Crippen molar-refractivity contribution >= 4 is 17.8 Å². The Morgan fingerprint density at radius 2 is 1.37 bits per heavy atom. The monoisotopic (exact) mass is 522 g/mol. The first-order valence-corrected chi connectivity index (χ1v) is 13.5. The van der Waals surface area contributed by atoms with Gasteiger partial charge in [0, 0.05) is 26.2 Å². The van der Waals surface area contributed by atoms with E-state index < -0.39 is 23.4 Å². The number of amides is 2. The molecule has 2 aromatic rings. The normalized spacial score (nSPS) is 15.3. The average molecular weight is 523 g/mol. The van der Waals surface area contributed by atoms with Crippen molar-refractivity contribution in [1.82, 2.24) is 9.80 Å². The van der Waals surface area contributed by atoms with Gasteiger partial charge in [0.2, 0.25) is 0 Å². The van der Waals surface area contributed by atoms with Crippen LogP contribution in [0.1, 0.15) is 73.4 Å². The number of rotatable bonds is 3. The predicted molar refractivity (Wildman–Crippen MR) is 149 cm³/mol. The molecule has 38 heavy (non-hydrogen) atoms. The first kappa shape index (κ1) is 29.4. The number of aliphatic hydroxyl groups is 1. The quantitative estimate of drug-likeness (QED) is 0.575. The second-order valence-corrected chi connectivity index (χ2v) is 11.5. The first-order chi connectivity index (χ1) is 17.8. The van der Waals surface area contributed by atoms with Crippen molar-refractivity contribution in [2.24, 2.45) is 0 Å². The van der Waals surface area contributed by atoms with Gasteiger partial charge < -0.3 is 20.0 Å². The van der Waals surface area contributed by atoms with E-state index in [0.717, 1.165) is 63.8 Å². The molecular formula is C31H42N2O5. The van der Waals surface area contributed by atoms with Crippen LogP contribution in [0.2, 0.25) is 0 Å². The highest BCUT2D eigenvalue weighted by Gasteiger charge is 2.32. The lowest BCUT2D eigenvalue weighted by Gasteiger charge is -2.34. The number of carbonyl (C=O) groups is 3. The number of benzene rings is 2.